The van der Waals surface area contributed by atoms with Crippen molar-refractivity contribution in [1.82, 2.24) is 4.98 Å². The third kappa shape index (κ3) is 3.76. The summed E-state index contributed by atoms with van der Waals surface area (Å²) < 4.78 is 5.49. The first-order chi connectivity index (χ1) is 10.1. The summed E-state index contributed by atoms with van der Waals surface area (Å²) in [7, 11) is 1.71. The summed E-state index contributed by atoms with van der Waals surface area (Å²) in [6, 6.07) is 0. The minimum atomic E-state index is -0.174. The molecule has 1 aliphatic rings. The molecule has 0 spiro atoms. The van der Waals surface area contributed by atoms with Gasteiger partial charge in [0.15, 0.2) is 0 Å². The lowest BCUT2D eigenvalue weighted by Crippen LogP contribution is -2.31. The minimum Gasteiger partial charge on any atom is -0.496 e. The summed E-state index contributed by atoms with van der Waals surface area (Å²) >= 11 is 0. The van der Waals surface area contributed by atoms with Gasteiger partial charge in [-0.1, -0.05) is 19.8 Å². The Bertz CT molecular complexity index is 473. The van der Waals surface area contributed by atoms with Crippen LogP contribution in [0.3, 0.4) is 0 Å². The summed E-state index contributed by atoms with van der Waals surface area (Å²) in [6.07, 6.45) is 8.35. The molecule has 0 amide bonds. The van der Waals surface area contributed by atoms with Gasteiger partial charge in [0.25, 0.3) is 0 Å². The Morgan fingerprint density at radius 3 is 2.76 bits per heavy atom. The fourth-order valence-corrected chi connectivity index (χ4v) is 3.76. The van der Waals surface area contributed by atoms with Gasteiger partial charge in [0.05, 0.1) is 13.2 Å². The summed E-state index contributed by atoms with van der Waals surface area (Å²) in [5.41, 5.74) is 3.28. The molecular formula is C18H29NO2. The van der Waals surface area contributed by atoms with Gasteiger partial charge >= 0.3 is 0 Å². The molecule has 0 aromatic carbocycles. The maximum atomic E-state index is 10.3. The molecule has 1 N–H and O–H groups in total. The average Bonchev–Trinajstić information content (AvgIpc) is 2.46. The van der Waals surface area contributed by atoms with Crippen molar-refractivity contribution in [2.24, 2.45) is 11.8 Å². The van der Waals surface area contributed by atoms with Gasteiger partial charge in [0.2, 0.25) is 0 Å². The highest BCUT2D eigenvalue weighted by molar-refractivity contribution is 5.41. The van der Waals surface area contributed by atoms with E-state index in [0.29, 0.717) is 5.92 Å². The number of aryl methyl sites for hydroxylation is 1. The van der Waals surface area contributed by atoms with Crippen LogP contribution in [-0.4, -0.2) is 23.3 Å². The van der Waals surface area contributed by atoms with Gasteiger partial charge in [-0.3, -0.25) is 4.98 Å². The first-order valence-corrected chi connectivity index (χ1v) is 8.23. The van der Waals surface area contributed by atoms with Crippen molar-refractivity contribution in [3.05, 3.63) is 23.0 Å². The van der Waals surface area contributed by atoms with Gasteiger partial charge < -0.3 is 9.84 Å². The number of aliphatic hydroxyl groups excluding tert-OH is 1. The Kier molecular flexibility index (Phi) is 5.63. The van der Waals surface area contributed by atoms with Crippen LogP contribution in [-0.2, 0) is 6.42 Å². The maximum Gasteiger partial charge on any atom is 0.128 e. The summed E-state index contributed by atoms with van der Waals surface area (Å²) in [6.45, 7) is 6.35. The molecular weight excluding hydrogens is 262 g/mol. The molecule has 3 atom stereocenters. The Hall–Kier alpha value is -1.09. The molecule has 0 saturated heterocycles. The maximum absolute atomic E-state index is 10.3. The van der Waals surface area contributed by atoms with Gasteiger partial charge in [0.1, 0.15) is 5.75 Å². The molecule has 0 radical (unpaired) electrons. The van der Waals surface area contributed by atoms with Gasteiger partial charge in [-0.15, -0.1) is 0 Å². The molecule has 0 bridgehead atoms. The molecule has 1 heterocycles. The van der Waals surface area contributed by atoms with Gasteiger partial charge in [-0.05, 0) is 51.4 Å². The zero-order chi connectivity index (χ0) is 15.4. The van der Waals surface area contributed by atoms with Crippen LogP contribution in [0.2, 0.25) is 0 Å². The minimum absolute atomic E-state index is 0.174. The van der Waals surface area contributed by atoms with Crippen molar-refractivity contribution < 1.29 is 9.84 Å². The number of hydrogen-bond acceptors (Lipinski definition) is 3. The van der Waals surface area contributed by atoms with Crippen LogP contribution < -0.4 is 4.74 Å². The van der Waals surface area contributed by atoms with Gasteiger partial charge in [-0.2, -0.15) is 0 Å². The third-order valence-electron chi connectivity index (χ3n) is 4.95. The highest BCUT2D eigenvalue weighted by Crippen LogP contribution is 2.35. The van der Waals surface area contributed by atoms with E-state index in [0.717, 1.165) is 47.8 Å². The monoisotopic (exact) mass is 291 g/mol. The average molecular weight is 291 g/mol. The second-order valence-corrected chi connectivity index (χ2v) is 6.55. The van der Waals surface area contributed by atoms with Gasteiger partial charge in [0, 0.05) is 23.0 Å². The van der Waals surface area contributed by atoms with E-state index in [1.807, 2.05) is 13.1 Å². The predicted octanol–water partition coefficient (Wildman–Crippen LogP) is 3.83. The molecule has 3 unspecified atom stereocenters. The van der Waals surface area contributed by atoms with Crippen LogP contribution in [0.1, 0.15) is 55.8 Å². The van der Waals surface area contributed by atoms with Crippen LogP contribution in [0, 0.1) is 25.7 Å². The zero-order valence-corrected chi connectivity index (χ0v) is 13.9. The lowest BCUT2D eigenvalue weighted by atomic mass is 9.75. The lowest BCUT2D eigenvalue weighted by Gasteiger charge is -2.33. The molecule has 21 heavy (non-hydrogen) atoms. The smallest absolute Gasteiger partial charge is 0.128 e. The molecule has 0 aliphatic heterocycles. The Labute approximate surface area is 128 Å². The quantitative estimate of drug-likeness (QED) is 0.896. The molecule has 118 valence electrons. The molecule has 3 heteroatoms. The van der Waals surface area contributed by atoms with E-state index in [4.69, 9.17) is 4.74 Å². The van der Waals surface area contributed by atoms with Gasteiger partial charge in [-0.25, -0.2) is 0 Å². The van der Waals surface area contributed by atoms with Crippen molar-refractivity contribution in [3.8, 4) is 5.75 Å². The number of pyridine rings is 1. The zero-order valence-electron chi connectivity index (χ0n) is 13.9. The number of nitrogens with zero attached hydrogens (tertiary/aromatic N) is 1. The molecule has 1 aromatic heterocycles. The summed E-state index contributed by atoms with van der Waals surface area (Å²) in [5, 5.41) is 10.3. The van der Waals surface area contributed by atoms with E-state index >= 15 is 0 Å². The van der Waals surface area contributed by atoms with E-state index in [2.05, 4.69) is 18.8 Å². The molecule has 2 rings (SSSR count). The highest BCUT2D eigenvalue weighted by atomic mass is 16.5. The van der Waals surface area contributed by atoms with Crippen LogP contribution >= 0.6 is 0 Å². The van der Waals surface area contributed by atoms with Crippen LogP contribution in [0.15, 0.2) is 6.20 Å². The normalized spacial score (nSPS) is 25.9. The number of aromatic nitrogens is 1. The van der Waals surface area contributed by atoms with Crippen molar-refractivity contribution in [2.75, 3.05) is 7.11 Å². The van der Waals surface area contributed by atoms with Crippen LogP contribution in [0.5, 0.6) is 5.75 Å². The fourth-order valence-electron chi connectivity index (χ4n) is 3.76. The van der Waals surface area contributed by atoms with Crippen LogP contribution in [0.25, 0.3) is 0 Å². The Morgan fingerprint density at radius 1 is 1.33 bits per heavy atom. The van der Waals surface area contributed by atoms with Crippen LogP contribution in [0.4, 0.5) is 0 Å². The summed E-state index contributed by atoms with van der Waals surface area (Å²) in [5.74, 6) is 2.06. The van der Waals surface area contributed by atoms with Crippen molar-refractivity contribution in [1.29, 1.82) is 0 Å². The molecule has 1 fully saturated rings. The van der Waals surface area contributed by atoms with Crippen molar-refractivity contribution >= 4 is 0 Å². The molecule has 3 nitrogen and oxygen atoms in total. The van der Waals surface area contributed by atoms with Crippen molar-refractivity contribution in [2.45, 2.75) is 65.4 Å². The number of aliphatic hydroxyl groups is 1. The highest BCUT2D eigenvalue weighted by Gasteiger charge is 2.29. The van der Waals surface area contributed by atoms with E-state index in [1.165, 1.54) is 19.3 Å². The van der Waals surface area contributed by atoms with E-state index in [1.54, 1.807) is 7.11 Å². The molecule has 1 aliphatic carbocycles. The molecule has 1 saturated carbocycles. The Morgan fingerprint density at radius 2 is 2.10 bits per heavy atom. The second kappa shape index (κ2) is 7.26. The predicted molar refractivity (Wildman–Crippen MR) is 85.7 cm³/mol. The fraction of sp³-hybridized carbons (Fsp3) is 0.722. The third-order valence-corrected chi connectivity index (χ3v) is 4.95. The number of ether oxygens (including phenoxy) is 1. The largest absolute Gasteiger partial charge is 0.496 e. The summed E-state index contributed by atoms with van der Waals surface area (Å²) in [4.78, 5) is 4.59. The standard InChI is InChI=1S/C18H29NO2/c1-5-6-14-7-8-17(20)15(9-14)10-16-13(3)18(21-4)12(2)11-19-16/h11,14-15,17,20H,5-10H2,1-4H3. The SMILES string of the molecule is CCCC1CCC(O)C(Cc2ncc(C)c(OC)c2C)C1. The second-order valence-electron chi connectivity index (χ2n) is 6.55. The first-order valence-electron chi connectivity index (χ1n) is 8.23. The van der Waals surface area contributed by atoms with Crippen molar-refractivity contribution in [3.63, 3.8) is 0 Å². The topological polar surface area (TPSA) is 42.4 Å². The lowest BCUT2D eigenvalue weighted by molar-refractivity contribution is 0.0457. The number of rotatable bonds is 5. The number of hydrogen-bond donors (Lipinski definition) is 1. The van der Waals surface area contributed by atoms with E-state index in [-0.39, 0.29) is 6.10 Å². The molecule has 1 aromatic rings. The van der Waals surface area contributed by atoms with E-state index in [9.17, 15) is 5.11 Å². The number of methoxy groups -OCH3 is 1. The first kappa shape index (κ1) is 16.3. The Balaban J connectivity index is 2.13. The van der Waals surface area contributed by atoms with E-state index < -0.39 is 0 Å².